The van der Waals surface area contributed by atoms with Crippen LogP contribution in [0.2, 0.25) is 0 Å². The fourth-order valence-electron chi connectivity index (χ4n) is 6.91. The maximum absolute atomic E-state index is 10.8. The van der Waals surface area contributed by atoms with E-state index in [1.807, 2.05) is 12.1 Å². The molecule has 2 N–H and O–H groups in total. The van der Waals surface area contributed by atoms with Gasteiger partial charge in [-0.15, -0.1) is 0 Å². The molecule has 1 aromatic rings. The lowest BCUT2D eigenvalue weighted by Crippen LogP contribution is -2.47. The second kappa shape index (κ2) is 6.12. The average Bonchev–Trinajstić information content (AvgIpc) is 3.39. The third-order valence-electron chi connectivity index (χ3n) is 8.29. The van der Waals surface area contributed by atoms with E-state index < -0.39 is 0 Å². The minimum Gasteiger partial charge on any atom is -0.508 e. The number of aliphatic hydroxyl groups excluding tert-OH is 1. The van der Waals surface area contributed by atoms with Crippen LogP contribution in [0.5, 0.6) is 5.75 Å². The Hall–Kier alpha value is -1.28. The molecular weight excluding hydrogens is 320 g/mol. The summed E-state index contributed by atoms with van der Waals surface area (Å²) >= 11 is 0. The van der Waals surface area contributed by atoms with Crippen molar-refractivity contribution in [1.82, 2.24) is 0 Å². The molecule has 4 aliphatic rings. The minimum atomic E-state index is -0.112. The smallest absolute Gasteiger partial charge is 0.115 e. The zero-order valence-corrected chi connectivity index (χ0v) is 16.0. The van der Waals surface area contributed by atoms with E-state index in [9.17, 15) is 10.2 Å². The van der Waals surface area contributed by atoms with E-state index in [2.05, 4.69) is 19.1 Å². The molecule has 0 aromatic heterocycles. The molecule has 4 aliphatic carbocycles. The quantitative estimate of drug-likeness (QED) is 0.721. The molecule has 0 amide bonds. The standard InChI is InChI=1S/C24H32O2/c1-24-14-17(4-2-3-15-5-6-15)23-19-10-8-18(25)13-16(19)7-9-20(23)21(24)11-12-22(24)26/h3,8,10,13,17,20-23,25-26H,2,4-7,9,11-12,14H2,1H3. The van der Waals surface area contributed by atoms with Gasteiger partial charge in [0.15, 0.2) is 0 Å². The highest BCUT2D eigenvalue weighted by Gasteiger charge is 2.57. The topological polar surface area (TPSA) is 40.5 Å². The molecule has 26 heavy (non-hydrogen) atoms. The molecular formula is C24H32O2. The lowest BCUT2D eigenvalue weighted by Gasteiger charge is -2.54. The first kappa shape index (κ1) is 16.9. The number of allylic oxidation sites excluding steroid dienone is 2. The van der Waals surface area contributed by atoms with Gasteiger partial charge < -0.3 is 10.2 Å². The first-order valence-electron chi connectivity index (χ1n) is 10.7. The molecule has 2 nitrogen and oxygen atoms in total. The monoisotopic (exact) mass is 352 g/mol. The van der Waals surface area contributed by atoms with E-state index in [0.717, 1.165) is 12.8 Å². The van der Waals surface area contributed by atoms with E-state index in [1.54, 1.807) is 5.57 Å². The minimum absolute atomic E-state index is 0.112. The molecule has 3 fully saturated rings. The first-order valence-corrected chi connectivity index (χ1v) is 10.7. The van der Waals surface area contributed by atoms with Crippen molar-refractivity contribution in [2.75, 3.05) is 0 Å². The third-order valence-corrected chi connectivity index (χ3v) is 8.29. The van der Waals surface area contributed by atoms with Gasteiger partial charge in [-0.25, -0.2) is 0 Å². The van der Waals surface area contributed by atoms with Crippen molar-refractivity contribution in [2.45, 2.75) is 76.7 Å². The van der Waals surface area contributed by atoms with E-state index >= 15 is 0 Å². The molecule has 0 aliphatic heterocycles. The number of hydrogen-bond donors (Lipinski definition) is 2. The molecule has 5 rings (SSSR count). The zero-order chi connectivity index (χ0) is 17.9. The van der Waals surface area contributed by atoms with Crippen LogP contribution in [0.15, 0.2) is 29.8 Å². The molecule has 6 atom stereocenters. The predicted molar refractivity (Wildman–Crippen MR) is 104 cm³/mol. The fourth-order valence-corrected chi connectivity index (χ4v) is 6.91. The van der Waals surface area contributed by atoms with Crippen molar-refractivity contribution in [3.8, 4) is 5.75 Å². The number of fused-ring (bicyclic) bond motifs is 5. The molecule has 6 unspecified atom stereocenters. The molecule has 0 saturated heterocycles. The number of benzene rings is 1. The van der Waals surface area contributed by atoms with E-state index in [4.69, 9.17) is 0 Å². The van der Waals surface area contributed by atoms with Crippen LogP contribution in [-0.4, -0.2) is 16.3 Å². The number of aliphatic hydroxyl groups is 1. The summed E-state index contributed by atoms with van der Waals surface area (Å²) in [5.41, 5.74) is 4.65. The van der Waals surface area contributed by atoms with Crippen LogP contribution in [0, 0.1) is 23.2 Å². The molecule has 0 spiro atoms. The maximum atomic E-state index is 10.8. The average molecular weight is 353 g/mol. The number of aromatic hydroxyl groups is 1. The van der Waals surface area contributed by atoms with Gasteiger partial charge in [-0.1, -0.05) is 24.6 Å². The highest BCUT2D eigenvalue weighted by Crippen LogP contribution is 2.63. The second-order valence-corrected chi connectivity index (χ2v) is 9.72. The lowest BCUT2D eigenvalue weighted by atomic mass is 9.51. The molecule has 0 radical (unpaired) electrons. The first-order chi connectivity index (χ1) is 12.6. The van der Waals surface area contributed by atoms with Gasteiger partial charge in [0.25, 0.3) is 0 Å². The van der Waals surface area contributed by atoms with Crippen molar-refractivity contribution < 1.29 is 10.2 Å². The summed E-state index contributed by atoms with van der Waals surface area (Å²) in [4.78, 5) is 0. The van der Waals surface area contributed by atoms with Crippen molar-refractivity contribution >= 4 is 0 Å². The number of hydrogen-bond acceptors (Lipinski definition) is 2. The Labute approximate surface area is 157 Å². The number of phenols is 1. The van der Waals surface area contributed by atoms with Crippen LogP contribution in [0.4, 0.5) is 0 Å². The van der Waals surface area contributed by atoms with Crippen molar-refractivity contribution in [3.63, 3.8) is 0 Å². The highest BCUT2D eigenvalue weighted by atomic mass is 16.3. The van der Waals surface area contributed by atoms with Crippen molar-refractivity contribution in [2.24, 2.45) is 23.2 Å². The van der Waals surface area contributed by atoms with Crippen LogP contribution in [0.3, 0.4) is 0 Å². The number of rotatable bonds is 3. The summed E-state index contributed by atoms with van der Waals surface area (Å²) in [6, 6.07) is 6.11. The van der Waals surface area contributed by atoms with E-state index in [1.165, 1.54) is 56.1 Å². The predicted octanol–water partition coefficient (Wildman–Crippen LogP) is 5.34. The Kier molecular flexibility index (Phi) is 3.97. The van der Waals surface area contributed by atoms with Gasteiger partial charge in [0.05, 0.1) is 6.10 Å². The second-order valence-electron chi connectivity index (χ2n) is 9.72. The van der Waals surface area contributed by atoms with Crippen LogP contribution in [-0.2, 0) is 6.42 Å². The van der Waals surface area contributed by atoms with Gasteiger partial charge in [-0.05, 0) is 110 Å². The zero-order valence-electron chi connectivity index (χ0n) is 16.0. The fraction of sp³-hybridized carbons (Fsp3) is 0.667. The summed E-state index contributed by atoms with van der Waals surface area (Å²) in [5, 5.41) is 20.7. The Morgan fingerprint density at radius 2 is 2.00 bits per heavy atom. The maximum Gasteiger partial charge on any atom is 0.115 e. The third kappa shape index (κ3) is 2.64. The summed E-state index contributed by atoms with van der Waals surface area (Å²) < 4.78 is 0. The van der Waals surface area contributed by atoms with Gasteiger partial charge in [0, 0.05) is 0 Å². The van der Waals surface area contributed by atoms with Gasteiger partial charge >= 0.3 is 0 Å². The highest BCUT2D eigenvalue weighted by molar-refractivity contribution is 5.40. The largest absolute Gasteiger partial charge is 0.508 e. The van der Waals surface area contributed by atoms with Gasteiger partial charge in [-0.3, -0.25) is 0 Å². The van der Waals surface area contributed by atoms with Gasteiger partial charge in [-0.2, -0.15) is 0 Å². The van der Waals surface area contributed by atoms with E-state index in [-0.39, 0.29) is 11.5 Å². The molecule has 1 aromatic carbocycles. The molecule has 140 valence electrons. The van der Waals surface area contributed by atoms with Gasteiger partial charge in [0.1, 0.15) is 5.75 Å². The summed E-state index contributed by atoms with van der Waals surface area (Å²) in [6.45, 7) is 2.38. The Morgan fingerprint density at radius 3 is 2.81 bits per heavy atom. The SMILES string of the molecule is CC12CC(CCC=C3CC3)C3c4ccc(O)cc4CCC3C1CCC2O. The normalized spacial score (nSPS) is 40.5. The summed E-state index contributed by atoms with van der Waals surface area (Å²) in [5.74, 6) is 3.08. The van der Waals surface area contributed by atoms with Crippen LogP contribution < -0.4 is 0 Å². The van der Waals surface area contributed by atoms with Crippen LogP contribution in [0.1, 0.15) is 75.3 Å². The van der Waals surface area contributed by atoms with Gasteiger partial charge in [0.2, 0.25) is 0 Å². The molecule has 3 saturated carbocycles. The number of phenolic OH excluding ortho intramolecular Hbond substituents is 1. The van der Waals surface area contributed by atoms with Crippen LogP contribution in [0.25, 0.3) is 0 Å². The molecule has 0 heterocycles. The Morgan fingerprint density at radius 1 is 1.15 bits per heavy atom. The van der Waals surface area contributed by atoms with E-state index in [0.29, 0.717) is 29.4 Å². The van der Waals surface area contributed by atoms with Crippen molar-refractivity contribution in [1.29, 1.82) is 0 Å². The van der Waals surface area contributed by atoms with Crippen LogP contribution >= 0.6 is 0 Å². The lowest BCUT2D eigenvalue weighted by molar-refractivity contribution is -0.0495. The molecule has 0 bridgehead atoms. The molecule has 2 heteroatoms. The summed E-state index contributed by atoms with van der Waals surface area (Å²) in [7, 11) is 0. The Balaban J connectivity index is 1.50. The van der Waals surface area contributed by atoms with Crippen molar-refractivity contribution in [3.05, 3.63) is 41.0 Å². The number of aryl methyl sites for hydroxylation is 1. The Bertz CT molecular complexity index is 730. The summed E-state index contributed by atoms with van der Waals surface area (Å²) in [6.07, 6.45) is 13.1.